The normalized spacial score (nSPS) is 19.5. The van der Waals surface area contributed by atoms with Crippen LogP contribution in [0.2, 0.25) is 0 Å². The minimum Gasteiger partial charge on any atom is -0.349 e. The van der Waals surface area contributed by atoms with Crippen LogP contribution in [0.15, 0.2) is 142 Å². The summed E-state index contributed by atoms with van der Waals surface area (Å²) in [5.41, 5.74) is 12.6. The van der Waals surface area contributed by atoms with Gasteiger partial charge in [-0.25, -0.2) is 0 Å². The Morgan fingerprint density at radius 2 is 1.36 bits per heavy atom. The minimum absolute atomic E-state index is 0.140. The molecule has 0 amide bonds. The standard InChI is InChI=1S/C39H28N2S/c1-39-31-17-6-8-19-34(31)42-35-20-10-15-28(36(35)39)27-22-21-25(23-32(27)39)38-40-37(30-14-5-7-18-33(30)41(38)2)29-16-9-12-24-11-3-4-13-26(24)29/h3-23,38H,1-2H3. The minimum atomic E-state index is -0.202. The first-order chi connectivity index (χ1) is 20.6. The highest BCUT2D eigenvalue weighted by molar-refractivity contribution is 7.99. The molecule has 2 heterocycles. The van der Waals surface area contributed by atoms with Crippen LogP contribution in [0.1, 0.15) is 46.5 Å². The first-order valence-corrected chi connectivity index (χ1v) is 15.4. The van der Waals surface area contributed by atoms with Crippen LogP contribution in [-0.4, -0.2) is 12.8 Å². The summed E-state index contributed by atoms with van der Waals surface area (Å²) >= 11 is 1.90. The van der Waals surface area contributed by atoms with Crippen molar-refractivity contribution in [2.45, 2.75) is 28.3 Å². The summed E-state index contributed by atoms with van der Waals surface area (Å²) in [4.78, 5) is 10.6. The van der Waals surface area contributed by atoms with Gasteiger partial charge >= 0.3 is 0 Å². The Balaban J connectivity index is 1.27. The number of rotatable bonds is 2. The van der Waals surface area contributed by atoms with Crippen molar-refractivity contribution in [1.29, 1.82) is 0 Å². The number of fused-ring (bicyclic) bond motifs is 7. The van der Waals surface area contributed by atoms with Gasteiger partial charge in [0.2, 0.25) is 0 Å². The first-order valence-electron chi connectivity index (χ1n) is 14.6. The molecule has 0 saturated carbocycles. The Kier molecular flexibility index (Phi) is 4.98. The fraction of sp³-hybridized carbons (Fsp3) is 0.103. The molecule has 6 aromatic carbocycles. The molecule has 0 fully saturated rings. The fourth-order valence-corrected chi connectivity index (χ4v) is 8.89. The van der Waals surface area contributed by atoms with Crippen molar-refractivity contribution in [3.63, 3.8) is 0 Å². The molecule has 9 rings (SSSR count). The van der Waals surface area contributed by atoms with E-state index < -0.39 is 0 Å². The van der Waals surface area contributed by atoms with Crippen molar-refractivity contribution in [3.05, 3.63) is 161 Å². The zero-order chi connectivity index (χ0) is 28.0. The topological polar surface area (TPSA) is 15.6 Å². The molecule has 2 nitrogen and oxygen atoms in total. The van der Waals surface area contributed by atoms with E-state index >= 15 is 0 Å². The van der Waals surface area contributed by atoms with E-state index in [1.54, 1.807) is 0 Å². The summed E-state index contributed by atoms with van der Waals surface area (Å²) in [5, 5.41) is 2.47. The predicted molar refractivity (Wildman–Crippen MR) is 175 cm³/mol. The van der Waals surface area contributed by atoms with Crippen molar-refractivity contribution < 1.29 is 0 Å². The van der Waals surface area contributed by atoms with E-state index in [9.17, 15) is 0 Å². The van der Waals surface area contributed by atoms with Gasteiger partial charge in [-0.2, -0.15) is 0 Å². The van der Waals surface area contributed by atoms with Gasteiger partial charge in [-0.3, -0.25) is 4.99 Å². The molecular weight excluding hydrogens is 529 g/mol. The second kappa shape index (κ2) is 8.70. The summed E-state index contributed by atoms with van der Waals surface area (Å²) in [7, 11) is 2.18. The molecule has 0 N–H and O–H groups in total. The largest absolute Gasteiger partial charge is 0.349 e. The smallest absolute Gasteiger partial charge is 0.147 e. The van der Waals surface area contributed by atoms with Crippen molar-refractivity contribution in [2.24, 2.45) is 4.99 Å². The maximum absolute atomic E-state index is 5.56. The van der Waals surface area contributed by atoms with Gasteiger partial charge in [-0.15, -0.1) is 0 Å². The number of para-hydroxylation sites is 1. The van der Waals surface area contributed by atoms with Gasteiger partial charge in [0.15, 0.2) is 0 Å². The van der Waals surface area contributed by atoms with Crippen molar-refractivity contribution in [3.8, 4) is 11.1 Å². The third kappa shape index (κ3) is 3.15. The van der Waals surface area contributed by atoms with E-state index in [1.165, 1.54) is 70.8 Å². The van der Waals surface area contributed by atoms with Gasteiger partial charge in [0.1, 0.15) is 6.17 Å². The molecule has 3 heteroatoms. The van der Waals surface area contributed by atoms with Crippen LogP contribution < -0.4 is 4.90 Å². The van der Waals surface area contributed by atoms with Gasteiger partial charge < -0.3 is 4.90 Å². The van der Waals surface area contributed by atoms with Gasteiger partial charge in [-0.05, 0) is 75.3 Å². The predicted octanol–water partition coefficient (Wildman–Crippen LogP) is 9.63. The first kappa shape index (κ1) is 24.0. The Bertz CT molecular complexity index is 2120. The molecule has 6 aromatic rings. The van der Waals surface area contributed by atoms with E-state index in [1.807, 2.05) is 11.8 Å². The summed E-state index contributed by atoms with van der Waals surface area (Å²) in [6.45, 7) is 2.42. The van der Waals surface area contributed by atoms with Crippen molar-refractivity contribution >= 4 is 33.9 Å². The van der Waals surface area contributed by atoms with Crippen LogP contribution in [0.5, 0.6) is 0 Å². The molecule has 3 aliphatic rings. The van der Waals surface area contributed by atoms with Crippen LogP contribution in [0.3, 0.4) is 0 Å². The van der Waals surface area contributed by atoms with Crippen LogP contribution in [0.25, 0.3) is 21.9 Å². The number of nitrogens with zero attached hydrogens (tertiary/aromatic N) is 2. The van der Waals surface area contributed by atoms with E-state index in [0.29, 0.717) is 0 Å². The van der Waals surface area contributed by atoms with Crippen LogP contribution >= 0.6 is 11.8 Å². The molecule has 42 heavy (non-hydrogen) atoms. The van der Waals surface area contributed by atoms with Gasteiger partial charge in [0.05, 0.1) is 5.71 Å². The summed E-state index contributed by atoms with van der Waals surface area (Å²) in [5.74, 6) is 0. The number of hydrogen-bond acceptors (Lipinski definition) is 3. The lowest BCUT2D eigenvalue weighted by Crippen LogP contribution is -2.31. The third-order valence-corrected chi connectivity index (χ3v) is 10.7. The Hall–Kier alpha value is -4.60. The average molecular weight is 557 g/mol. The second-order valence-corrected chi connectivity index (χ2v) is 12.8. The van der Waals surface area contributed by atoms with Crippen LogP contribution in [-0.2, 0) is 5.41 Å². The molecule has 200 valence electrons. The average Bonchev–Trinajstić information content (AvgIpc) is 3.31. The highest BCUT2D eigenvalue weighted by Crippen LogP contribution is 2.60. The summed E-state index contributed by atoms with van der Waals surface area (Å²) < 4.78 is 0. The molecule has 0 saturated heterocycles. The van der Waals surface area contributed by atoms with Gasteiger partial charge in [-0.1, -0.05) is 115 Å². The molecule has 0 bridgehead atoms. The van der Waals surface area contributed by atoms with Crippen LogP contribution in [0, 0.1) is 0 Å². The third-order valence-electron chi connectivity index (χ3n) is 9.54. The van der Waals surface area contributed by atoms with E-state index in [-0.39, 0.29) is 11.6 Å². The van der Waals surface area contributed by atoms with Gasteiger partial charge in [0.25, 0.3) is 0 Å². The molecule has 2 atom stereocenters. The quantitative estimate of drug-likeness (QED) is 0.211. The lowest BCUT2D eigenvalue weighted by molar-refractivity contribution is 0.664. The Morgan fingerprint density at radius 1 is 0.643 bits per heavy atom. The molecule has 0 aromatic heterocycles. The Labute approximate surface area is 250 Å². The molecule has 0 spiro atoms. The maximum atomic E-state index is 5.56. The molecular formula is C39H28N2S. The second-order valence-electron chi connectivity index (χ2n) is 11.7. The Morgan fingerprint density at radius 3 is 2.31 bits per heavy atom. The number of aliphatic imine (C=N–C) groups is 1. The summed E-state index contributed by atoms with van der Waals surface area (Å²) in [6.07, 6.45) is -0.140. The zero-order valence-corrected chi connectivity index (χ0v) is 24.3. The lowest BCUT2D eigenvalue weighted by Gasteiger charge is -2.37. The molecule has 1 aliphatic carbocycles. The molecule has 0 radical (unpaired) electrons. The highest BCUT2D eigenvalue weighted by Gasteiger charge is 2.46. The fourth-order valence-electron chi connectivity index (χ4n) is 7.57. The van der Waals surface area contributed by atoms with Crippen LogP contribution in [0.4, 0.5) is 5.69 Å². The number of anilines is 1. The van der Waals surface area contributed by atoms with E-state index in [0.717, 1.165) is 5.71 Å². The SMILES string of the molecule is CN1c2ccccc2C(c2cccc3ccccc23)=NC1c1ccc2c(c1)C1(C)c3ccccc3Sc3cccc-2c31. The summed E-state index contributed by atoms with van der Waals surface area (Å²) in [6, 6.07) is 46.7. The van der Waals surface area contributed by atoms with Crippen molar-refractivity contribution in [1.82, 2.24) is 0 Å². The monoisotopic (exact) mass is 556 g/mol. The van der Waals surface area contributed by atoms with Gasteiger partial charge in [0, 0.05) is 39.1 Å². The maximum Gasteiger partial charge on any atom is 0.147 e. The number of hydrogen-bond donors (Lipinski definition) is 0. The highest BCUT2D eigenvalue weighted by atomic mass is 32.2. The van der Waals surface area contributed by atoms with Crippen molar-refractivity contribution in [2.75, 3.05) is 11.9 Å². The lowest BCUT2D eigenvalue weighted by atomic mass is 9.73. The van der Waals surface area contributed by atoms with E-state index in [2.05, 4.69) is 146 Å². The van der Waals surface area contributed by atoms with E-state index in [4.69, 9.17) is 4.99 Å². The molecule has 2 unspecified atom stereocenters. The zero-order valence-electron chi connectivity index (χ0n) is 23.5. The number of benzene rings is 6. The molecule has 2 aliphatic heterocycles.